The molecule has 2 aliphatic carbocycles. The fraction of sp³-hybridized carbons (Fsp3) is 0.324. The molecule has 0 radical (unpaired) electrons. The SMILES string of the molecule is c1ccc([Si](=C2CCCCCCCCCCC2NC2c3ccccc3-c3ccccc32)c2ccccc2)cc1. The van der Waals surface area contributed by atoms with Crippen molar-refractivity contribution in [3.8, 4) is 11.1 Å². The molecule has 0 saturated heterocycles. The van der Waals surface area contributed by atoms with Gasteiger partial charge in [0.25, 0.3) is 0 Å². The van der Waals surface area contributed by atoms with Crippen LogP contribution in [0.15, 0.2) is 109 Å². The van der Waals surface area contributed by atoms with Gasteiger partial charge in [-0.05, 0) is 51.9 Å². The highest BCUT2D eigenvalue weighted by molar-refractivity contribution is 6.92. The van der Waals surface area contributed by atoms with Crippen molar-refractivity contribution in [2.45, 2.75) is 76.3 Å². The van der Waals surface area contributed by atoms with E-state index in [0.717, 1.165) is 0 Å². The van der Waals surface area contributed by atoms with Crippen LogP contribution in [0.5, 0.6) is 0 Å². The van der Waals surface area contributed by atoms with Crippen molar-refractivity contribution in [1.29, 1.82) is 0 Å². The number of benzene rings is 4. The maximum atomic E-state index is 4.34. The zero-order valence-corrected chi connectivity index (χ0v) is 24.1. The number of nitrogens with one attached hydrogen (secondary N) is 1. The summed E-state index contributed by atoms with van der Waals surface area (Å²) in [6.45, 7) is 0. The van der Waals surface area contributed by atoms with Gasteiger partial charge >= 0.3 is 0 Å². The lowest BCUT2D eigenvalue weighted by atomic mass is 9.95. The Labute approximate surface area is 236 Å². The van der Waals surface area contributed by atoms with E-state index < -0.39 is 8.41 Å². The molecule has 0 amide bonds. The third kappa shape index (κ3) is 5.93. The first-order chi connectivity index (χ1) is 19.4. The van der Waals surface area contributed by atoms with Crippen LogP contribution in [0.2, 0.25) is 0 Å². The van der Waals surface area contributed by atoms with Gasteiger partial charge in [0, 0.05) is 6.04 Å². The monoisotopic (exact) mass is 527 g/mol. The second-order valence-electron chi connectivity index (χ2n) is 11.3. The molecule has 1 unspecified atom stereocenters. The zero-order valence-electron chi connectivity index (χ0n) is 23.1. The van der Waals surface area contributed by atoms with Crippen molar-refractivity contribution in [2.75, 3.05) is 0 Å². The van der Waals surface area contributed by atoms with Gasteiger partial charge in [0.1, 0.15) is 0 Å². The molecule has 0 spiro atoms. The summed E-state index contributed by atoms with van der Waals surface area (Å²) in [5.41, 5.74) is 5.68. The average molecular weight is 528 g/mol. The van der Waals surface area contributed by atoms with Gasteiger partial charge in [-0.2, -0.15) is 0 Å². The minimum atomic E-state index is -1.08. The predicted molar refractivity (Wildman–Crippen MR) is 170 cm³/mol. The smallest absolute Gasteiger partial charge is 0.0808 e. The average Bonchev–Trinajstić information content (AvgIpc) is 3.30. The van der Waals surface area contributed by atoms with E-state index in [2.05, 4.69) is 115 Å². The Morgan fingerprint density at radius 2 is 0.949 bits per heavy atom. The Morgan fingerprint density at radius 1 is 0.487 bits per heavy atom. The summed E-state index contributed by atoms with van der Waals surface area (Å²) < 4.78 is 0. The Kier molecular flexibility index (Phi) is 8.62. The van der Waals surface area contributed by atoms with Crippen LogP contribution in [0.1, 0.15) is 81.4 Å². The molecule has 2 heteroatoms. The van der Waals surface area contributed by atoms with Crippen molar-refractivity contribution in [2.24, 2.45) is 0 Å². The van der Waals surface area contributed by atoms with E-state index in [1.807, 2.05) is 0 Å². The largest absolute Gasteiger partial charge is 0.300 e. The van der Waals surface area contributed by atoms with Crippen LogP contribution in [0, 0.1) is 0 Å². The van der Waals surface area contributed by atoms with Crippen molar-refractivity contribution < 1.29 is 0 Å². The molecular formula is C37H41NSi. The summed E-state index contributed by atoms with van der Waals surface area (Å²) in [5, 5.41) is 9.16. The van der Waals surface area contributed by atoms with Crippen LogP contribution in [-0.2, 0) is 0 Å². The summed E-state index contributed by atoms with van der Waals surface area (Å²) in [4.78, 5) is 0. The molecule has 0 heterocycles. The van der Waals surface area contributed by atoms with Gasteiger partial charge in [-0.3, -0.25) is 5.32 Å². The molecule has 198 valence electrons. The zero-order chi connectivity index (χ0) is 26.3. The lowest BCUT2D eigenvalue weighted by Crippen LogP contribution is -2.49. The molecule has 4 aromatic carbocycles. The Morgan fingerprint density at radius 3 is 1.51 bits per heavy atom. The second kappa shape index (κ2) is 12.9. The number of rotatable bonds is 4. The predicted octanol–water partition coefficient (Wildman–Crippen LogP) is 7.69. The van der Waals surface area contributed by atoms with E-state index in [4.69, 9.17) is 0 Å². The molecule has 1 fully saturated rings. The van der Waals surface area contributed by atoms with E-state index in [0.29, 0.717) is 6.04 Å². The van der Waals surface area contributed by atoms with Crippen LogP contribution in [0.25, 0.3) is 11.1 Å². The molecule has 4 aromatic rings. The van der Waals surface area contributed by atoms with Gasteiger partial charge in [-0.15, -0.1) is 0 Å². The third-order valence-corrected chi connectivity index (χ3v) is 11.8. The van der Waals surface area contributed by atoms with Crippen LogP contribution >= 0.6 is 0 Å². The normalized spacial score (nSPS) is 18.5. The highest BCUT2D eigenvalue weighted by Crippen LogP contribution is 2.43. The van der Waals surface area contributed by atoms with E-state index in [1.165, 1.54) is 96.8 Å². The van der Waals surface area contributed by atoms with Gasteiger partial charge in [0.2, 0.25) is 0 Å². The van der Waals surface area contributed by atoms with Gasteiger partial charge < -0.3 is 0 Å². The fourth-order valence-corrected chi connectivity index (χ4v) is 9.97. The summed E-state index contributed by atoms with van der Waals surface area (Å²) in [5.74, 6) is 0. The van der Waals surface area contributed by atoms with Gasteiger partial charge in [-0.1, -0.05) is 159 Å². The van der Waals surface area contributed by atoms with Crippen molar-refractivity contribution in [3.05, 3.63) is 120 Å². The van der Waals surface area contributed by atoms with Crippen LogP contribution < -0.4 is 15.7 Å². The highest BCUT2D eigenvalue weighted by atomic mass is 28.2. The summed E-state index contributed by atoms with van der Waals surface area (Å²) >= 11 is 0. The van der Waals surface area contributed by atoms with Crippen molar-refractivity contribution in [1.82, 2.24) is 5.32 Å². The number of fused-ring (bicyclic) bond motifs is 3. The third-order valence-electron chi connectivity index (χ3n) is 8.76. The standard InChI is InChI=1S/C37H41NSi/c1-2-4-6-14-28-36(39(29-19-9-7-10-20-29)30-21-11-8-12-22-30)35(27-13-5-3-1)38-37-33-25-17-15-23-31(33)32-24-16-18-26-34(32)37/h7-12,15-26,35,37-38H,1-6,13-14,27-28H2. The van der Waals surface area contributed by atoms with E-state index in [1.54, 1.807) is 5.17 Å². The van der Waals surface area contributed by atoms with Gasteiger partial charge in [0.05, 0.1) is 14.5 Å². The lowest BCUT2D eigenvalue weighted by molar-refractivity contribution is 0.486. The van der Waals surface area contributed by atoms with Gasteiger partial charge in [-0.25, -0.2) is 0 Å². The molecule has 0 aromatic heterocycles. The Bertz CT molecular complexity index is 1300. The lowest BCUT2D eigenvalue weighted by Gasteiger charge is -2.30. The molecule has 1 atom stereocenters. The minimum Gasteiger partial charge on any atom is -0.300 e. The van der Waals surface area contributed by atoms with E-state index in [-0.39, 0.29) is 6.04 Å². The topological polar surface area (TPSA) is 12.0 Å². The van der Waals surface area contributed by atoms with Crippen molar-refractivity contribution in [3.63, 3.8) is 0 Å². The first-order valence-corrected chi connectivity index (χ1v) is 16.7. The highest BCUT2D eigenvalue weighted by Gasteiger charge is 2.31. The molecule has 0 bridgehead atoms. The molecule has 1 N–H and O–H groups in total. The summed E-state index contributed by atoms with van der Waals surface area (Å²) in [7, 11) is -1.08. The fourth-order valence-electron chi connectivity index (χ4n) is 6.84. The second-order valence-corrected chi connectivity index (χ2v) is 13.9. The van der Waals surface area contributed by atoms with Gasteiger partial charge in [0.15, 0.2) is 0 Å². The quantitative estimate of drug-likeness (QED) is 0.268. The summed E-state index contributed by atoms with van der Waals surface area (Å²) in [6, 6.07) is 41.7. The molecule has 6 rings (SSSR count). The van der Waals surface area contributed by atoms with Crippen LogP contribution in [0.3, 0.4) is 0 Å². The molecule has 1 nitrogen and oxygen atoms in total. The number of hydrogen-bond donors (Lipinski definition) is 1. The van der Waals surface area contributed by atoms with Crippen LogP contribution in [0.4, 0.5) is 0 Å². The Balaban J connectivity index is 1.48. The van der Waals surface area contributed by atoms with E-state index >= 15 is 0 Å². The first kappa shape index (κ1) is 26.2. The van der Waals surface area contributed by atoms with Crippen LogP contribution in [-0.4, -0.2) is 19.6 Å². The van der Waals surface area contributed by atoms with Crippen molar-refractivity contribution >= 4 is 24.0 Å². The molecule has 0 aliphatic heterocycles. The van der Waals surface area contributed by atoms with E-state index in [9.17, 15) is 0 Å². The first-order valence-electron chi connectivity index (χ1n) is 15.2. The maximum absolute atomic E-state index is 4.34. The molecular weight excluding hydrogens is 487 g/mol. The Hall–Kier alpha value is -3.07. The minimum absolute atomic E-state index is 0.250. The molecule has 2 aliphatic rings. The summed E-state index contributed by atoms with van der Waals surface area (Å²) in [6.07, 6.45) is 13.3. The molecule has 1 saturated carbocycles. The molecule has 39 heavy (non-hydrogen) atoms. The maximum Gasteiger partial charge on any atom is 0.0808 e. The number of hydrogen-bond acceptors (Lipinski definition) is 1.